The number of aromatic carboxylic acids is 1. The molecule has 0 aliphatic heterocycles. The Hall–Kier alpha value is -2.35. The Bertz CT molecular complexity index is 609. The van der Waals surface area contributed by atoms with E-state index in [4.69, 9.17) is 5.11 Å². The van der Waals surface area contributed by atoms with Crippen molar-refractivity contribution in [2.75, 3.05) is 0 Å². The van der Waals surface area contributed by atoms with Gasteiger partial charge in [0.1, 0.15) is 0 Å². The molecule has 0 spiro atoms. The standard InChI is InChI=1S/C11H10N4O3S/c1-6-2-13-7(3-12-6)4-14-9(16)10-15-8(5-19-10)11(17)18/h2-3,5H,4H2,1H3,(H,14,16)(H,17,18). The first-order valence-electron chi connectivity index (χ1n) is 5.31. The summed E-state index contributed by atoms with van der Waals surface area (Å²) < 4.78 is 0. The number of hydrogen-bond acceptors (Lipinski definition) is 6. The van der Waals surface area contributed by atoms with Crippen molar-refractivity contribution in [2.24, 2.45) is 0 Å². The Kier molecular flexibility index (Phi) is 3.81. The zero-order valence-corrected chi connectivity index (χ0v) is 10.8. The lowest BCUT2D eigenvalue weighted by Crippen LogP contribution is -2.23. The van der Waals surface area contributed by atoms with Crippen LogP contribution >= 0.6 is 11.3 Å². The largest absolute Gasteiger partial charge is 0.476 e. The minimum Gasteiger partial charge on any atom is -0.476 e. The van der Waals surface area contributed by atoms with E-state index in [-0.39, 0.29) is 17.2 Å². The van der Waals surface area contributed by atoms with E-state index in [1.54, 1.807) is 12.4 Å². The third-order valence-electron chi connectivity index (χ3n) is 2.18. The van der Waals surface area contributed by atoms with Gasteiger partial charge >= 0.3 is 5.97 Å². The van der Waals surface area contributed by atoms with Crippen LogP contribution in [0.4, 0.5) is 0 Å². The molecule has 7 nitrogen and oxygen atoms in total. The van der Waals surface area contributed by atoms with E-state index in [2.05, 4.69) is 20.3 Å². The second kappa shape index (κ2) is 5.53. The van der Waals surface area contributed by atoms with Gasteiger partial charge in [0.05, 0.1) is 24.1 Å². The van der Waals surface area contributed by atoms with E-state index in [9.17, 15) is 9.59 Å². The lowest BCUT2D eigenvalue weighted by atomic mass is 10.4. The highest BCUT2D eigenvalue weighted by molar-refractivity contribution is 7.11. The summed E-state index contributed by atoms with van der Waals surface area (Å²) in [6, 6.07) is 0. The van der Waals surface area contributed by atoms with Crippen LogP contribution in [0.25, 0.3) is 0 Å². The molecule has 1 amide bonds. The highest BCUT2D eigenvalue weighted by Crippen LogP contribution is 2.09. The first-order valence-corrected chi connectivity index (χ1v) is 6.19. The van der Waals surface area contributed by atoms with Gasteiger partial charge in [-0.15, -0.1) is 11.3 Å². The van der Waals surface area contributed by atoms with Crippen molar-refractivity contribution in [3.8, 4) is 0 Å². The van der Waals surface area contributed by atoms with Crippen LogP contribution in [0.1, 0.15) is 31.7 Å². The van der Waals surface area contributed by atoms with Crippen molar-refractivity contribution in [1.82, 2.24) is 20.3 Å². The fraction of sp³-hybridized carbons (Fsp3) is 0.182. The van der Waals surface area contributed by atoms with Crippen molar-refractivity contribution >= 4 is 23.2 Å². The molecule has 0 aliphatic rings. The molecule has 0 atom stereocenters. The molecule has 0 radical (unpaired) electrons. The van der Waals surface area contributed by atoms with Crippen molar-refractivity contribution in [3.05, 3.63) is 39.9 Å². The molecule has 0 saturated heterocycles. The molecule has 8 heteroatoms. The summed E-state index contributed by atoms with van der Waals surface area (Å²) >= 11 is 0.984. The number of thiazole rings is 1. The van der Waals surface area contributed by atoms with Crippen LogP contribution in [0, 0.1) is 6.92 Å². The van der Waals surface area contributed by atoms with E-state index in [0.29, 0.717) is 5.69 Å². The van der Waals surface area contributed by atoms with Gasteiger partial charge in [-0.1, -0.05) is 0 Å². The molecule has 19 heavy (non-hydrogen) atoms. The van der Waals surface area contributed by atoms with E-state index in [0.717, 1.165) is 17.0 Å². The average Bonchev–Trinajstić information content (AvgIpc) is 2.87. The molecular formula is C11H10N4O3S. The third-order valence-corrected chi connectivity index (χ3v) is 3.02. The second-order valence-electron chi connectivity index (χ2n) is 3.67. The summed E-state index contributed by atoms with van der Waals surface area (Å²) in [7, 11) is 0. The van der Waals surface area contributed by atoms with Gasteiger partial charge in [-0.3, -0.25) is 14.8 Å². The maximum absolute atomic E-state index is 11.7. The molecule has 0 saturated carbocycles. The number of amides is 1. The maximum atomic E-state index is 11.7. The SMILES string of the molecule is Cc1cnc(CNC(=O)c2nc(C(=O)O)cs2)cn1. The van der Waals surface area contributed by atoms with Crippen LogP contribution in [0.2, 0.25) is 0 Å². The van der Waals surface area contributed by atoms with E-state index < -0.39 is 11.9 Å². The fourth-order valence-electron chi connectivity index (χ4n) is 1.23. The summed E-state index contributed by atoms with van der Waals surface area (Å²) in [5.41, 5.74) is 1.28. The van der Waals surface area contributed by atoms with Gasteiger partial charge in [-0.2, -0.15) is 0 Å². The minimum atomic E-state index is -1.15. The zero-order valence-electron chi connectivity index (χ0n) is 9.95. The number of carboxylic acids is 1. The zero-order chi connectivity index (χ0) is 13.8. The molecule has 0 aromatic carbocycles. The Labute approximate surface area is 112 Å². The average molecular weight is 278 g/mol. The molecule has 2 aromatic rings. The van der Waals surface area contributed by atoms with Crippen molar-refractivity contribution in [1.29, 1.82) is 0 Å². The molecule has 2 rings (SSSR count). The third kappa shape index (κ3) is 3.32. The highest BCUT2D eigenvalue weighted by Gasteiger charge is 2.14. The summed E-state index contributed by atoms with van der Waals surface area (Å²) in [6.45, 7) is 2.03. The Morgan fingerprint density at radius 1 is 1.37 bits per heavy atom. The highest BCUT2D eigenvalue weighted by atomic mass is 32.1. The number of carbonyl (C=O) groups is 2. The second-order valence-corrected chi connectivity index (χ2v) is 4.53. The molecule has 2 heterocycles. The number of nitrogens with zero attached hydrogens (tertiary/aromatic N) is 3. The van der Waals surface area contributed by atoms with E-state index in [1.807, 2.05) is 6.92 Å². The monoisotopic (exact) mass is 278 g/mol. The summed E-state index contributed by atoms with van der Waals surface area (Å²) in [6.07, 6.45) is 3.17. The smallest absolute Gasteiger partial charge is 0.355 e. The van der Waals surface area contributed by atoms with Crippen LogP contribution in [-0.4, -0.2) is 31.9 Å². The van der Waals surface area contributed by atoms with Crippen molar-refractivity contribution in [2.45, 2.75) is 13.5 Å². The van der Waals surface area contributed by atoms with Gasteiger partial charge in [-0.05, 0) is 6.92 Å². The van der Waals surface area contributed by atoms with Crippen molar-refractivity contribution in [3.63, 3.8) is 0 Å². The lowest BCUT2D eigenvalue weighted by Gasteiger charge is -2.02. The first kappa shape index (κ1) is 13.1. The van der Waals surface area contributed by atoms with Gasteiger partial charge in [0.25, 0.3) is 5.91 Å². The summed E-state index contributed by atoms with van der Waals surface area (Å²) in [5.74, 6) is -1.58. The topological polar surface area (TPSA) is 105 Å². The van der Waals surface area contributed by atoms with Crippen LogP contribution in [0.15, 0.2) is 17.8 Å². The maximum Gasteiger partial charge on any atom is 0.355 e. The Morgan fingerprint density at radius 3 is 2.74 bits per heavy atom. The number of carbonyl (C=O) groups excluding carboxylic acids is 1. The quantitative estimate of drug-likeness (QED) is 0.859. The summed E-state index contributed by atoms with van der Waals surface area (Å²) in [5, 5.41) is 12.7. The number of carboxylic acid groups (broad SMARTS) is 1. The fourth-order valence-corrected chi connectivity index (χ4v) is 1.94. The molecule has 98 valence electrons. The first-order chi connectivity index (χ1) is 9.06. The number of nitrogens with one attached hydrogen (secondary N) is 1. The number of aromatic nitrogens is 3. The lowest BCUT2D eigenvalue weighted by molar-refractivity contribution is 0.0691. The van der Waals surface area contributed by atoms with Gasteiger partial charge in [-0.25, -0.2) is 9.78 Å². The Morgan fingerprint density at radius 2 is 2.16 bits per heavy atom. The predicted molar refractivity (Wildman–Crippen MR) is 67.0 cm³/mol. The number of aryl methyl sites for hydroxylation is 1. The minimum absolute atomic E-state index is 0.109. The Balaban J connectivity index is 1.97. The summed E-state index contributed by atoms with van der Waals surface area (Å²) in [4.78, 5) is 34.2. The van der Waals surface area contributed by atoms with Crippen LogP contribution in [0.5, 0.6) is 0 Å². The van der Waals surface area contributed by atoms with Gasteiger partial charge in [0, 0.05) is 11.6 Å². The van der Waals surface area contributed by atoms with E-state index in [1.165, 1.54) is 5.38 Å². The molecule has 2 aromatic heterocycles. The number of hydrogen-bond donors (Lipinski definition) is 2. The van der Waals surface area contributed by atoms with Crippen LogP contribution < -0.4 is 5.32 Å². The van der Waals surface area contributed by atoms with Gasteiger partial charge in [0.15, 0.2) is 10.7 Å². The van der Waals surface area contributed by atoms with Crippen molar-refractivity contribution < 1.29 is 14.7 Å². The molecule has 2 N–H and O–H groups in total. The van der Waals surface area contributed by atoms with Crippen LogP contribution in [-0.2, 0) is 6.54 Å². The molecule has 0 aliphatic carbocycles. The van der Waals surface area contributed by atoms with Gasteiger partial charge in [0.2, 0.25) is 0 Å². The molecule has 0 fully saturated rings. The number of rotatable bonds is 4. The van der Waals surface area contributed by atoms with Crippen LogP contribution in [0.3, 0.4) is 0 Å². The van der Waals surface area contributed by atoms with E-state index >= 15 is 0 Å². The predicted octanol–water partition coefficient (Wildman–Crippen LogP) is 0.870. The molecule has 0 unspecified atom stereocenters. The molecular weight excluding hydrogens is 268 g/mol. The molecule has 0 bridgehead atoms. The normalized spacial score (nSPS) is 10.2. The van der Waals surface area contributed by atoms with Gasteiger partial charge < -0.3 is 10.4 Å².